The molecular formula is C37H47ClN2O5. The Morgan fingerprint density at radius 1 is 0.933 bits per heavy atom. The zero-order chi connectivity index (χ0) is 31.9. The molecule has 2 aliphatic heterocycles. The average molecular weight is 635 g/mol. The lowest BCUT2D eigenvalue weighted by Crippen LogP contribution is -2.36. The first kappa shape index (κ1) is 33.1. The van der Waals surface area contributed by atoms with Gasteiger partial charge in [-0.2, -0.15) is 0 Å². The molecule has 1 saturated heterocycles. The van der Waals surface area contributed by atoms with Crippen LogP contribution in [0.2, 0.25) is 5.02 Å². The number of carbonyl (C=O) groups excluding carboxylic acids is 1. The second-order valence-corrected chi connectivity index (χ2v) is 13.1. The van der Waals surface area contributed by atoms with Gasteiger partial charge in [0.2, 0.25) is 0 Å². The van der Waals surface area contributed by atoms with Crippen molar-refractivity contribution in [2.75, 3.05) is 45.9 Å². The number of esters is 1. The molecule has 0 spiro atoms. The zero-order valence-electron chi connectivity index (χ0n) is 27.2. The molecule has 0 aromatic heterocycles. The van der Waals surface area contributed by atoms with Crippen LogP contribution in [0.3, 0.4) is 0 Å². The summed E-state index contributed by atoms with van der Waals surface area (Å²) in [5, 5.41) is 11.4. The molecular weight excluding hydrogens is 588 g/mol. The molecule has 3 aromatic rings. The highest BCUT2D eigenvalue weighted by atomic mass is 35.5. The van der Waals surface area contributed by atoms with Crippen molar-refractivity contribution < 1.29 is 24.1 Å². The Balaban J connectivity index is 1.23. The fourth-order valence-electron chi connectivity index (χ4n) is 6.27. The molecule has 0 bridgehead atoms. The summed E-state index contributed by atoms with van der Waals surface area (Å²) >= 11 is 6.83. The van der Waals surface area contributed by atoms with E-state index in [0.717, 1.165) is 57.7 Å². The SMILES string of the molecule is Cc1c(COc2cc(O)c3c(c2Cl)CCN(CC(=O)OCC(C)C)C3)cccc1-c1cccc(OCCCN2CCCC2)c1C. The van der Waals surface area contributed by atoms with Gasteiger partial charge in [-0.15, -0.1) is 0 Å². The molecule has 0 saturated carbocycles. The topological polar surface area (TPSA) is 71.5 Å². The maximum Gasteiger partial charge on any atom is 0.320 e. The number of carbonyl (C=O) groups is 1. The number of hydrogen-bond acceptors (Lipinski definition) is 7. The summed E-state index contributed by atoms with van der Waals surface area (Å²) in [4.78, 5) is 16.7. The standard InChI is InChI=1S/C37H47ClN2O5/c1-25(2)23-45-36(42)22-40-18-14-31-32(21-40)33(41)20-35(37(31)38)44-24-28-10-7-11-29(26(28)3)30-12-8-13-34(27(30)4)43-19-9-17-39-15-5-6-16-39/h7-8,10-13,20,25,41H,5-6,9,14-19,21-24H2,1-4H3. The normalized spacial score (nSPS) is 15.3. The number of ether oxygens (including phenoxy) is 3. The lowest BCUT2D eigenvalue weighted by Gasteiger charge is -2.29. The lowest BCUT2D eigenvalue weighted by atomic mass is 9.93. The third kappa shape index (κ3) is 8.32. The van der Waals surface area contributed by atoms with Gasteiger partial charge in [0.1, 0.15) is 23.9 Å². The fourth-order valence-corrected chi connectivity index (χ4v) is 6.59. The Morgan fingerprint density at radius 2 is 1.67 bits per heavy atom. The predicted octanol–water partition coefficient (Wildman–Crippen LogP) is 7.33. The molecule has 2 aliphatic rings. The molecule has 3 aromatic carbocycles. The van der Waals surface area contributed by atoms with E-state index in [0.29, 0.717) is 50.1 Å². The first-order chi connectivity index (χ1) is 21.7. The molecule has 0 amide bonds. The molecule has 242 valence electrons. The van der Waals surface area contributed by atoms with E-state index in [2.05, 4.69) is 55.1 Å². The van der Waals surface area contributed by atoms with Crippen LogP contribution in [0.1, 0.15) is 60.9 Å². The van der Waals surface area contributed by atoms with Crippen LogP contribution < -0.4 is 9.47 Å². The molecule has 45 heavy (non-hydrogen) atoms. The minimum Gasteiger partial charge on any atom is -0.507 e. The summed E-state index contributed by atoms with van der Waals surface area (Å²) in [6, 6.07) is 14.1. The number of phenols is 1. The molecule has 2 heterocycles. The van der Waals surface area contributed by atoms with Gasteiger partial charge < -0.3 is 24.2 Å². The summed E-state index contributed by atoms with van der Waals surface area (Å²) in [6.07, 6.45) is 4.27. The quantitative estimate of drug-likeness (QED) is 0.156. The Bertz CT molecular complexity index is 1480. The third-order valence-corrected chi connectivity index (χ3v) is 9.31. The largest absolute Gasteiger partial charge is 0.507 e. The molecule has 0 radical (unpaired) electrons. The van der Waals surface area contributed by atoms with Crippen molar-refractivity contribution in [3.8, 4) is 28.4 Å². The van der Waals surface area contributed by atoms with Crippen molar-refractivity contribution in [1.29, 1.82) is 0 Å². The van der Waals surface area contributed by atoms with Crippen molar-refractivity contribution in [1.82, 2.24) is 9.80 Å². The Morgan fingerprint density at radius 3 is 2.42 bits per heavy atom. The van der Waals surface area contributed by atoms with Gasteiger partial charge in [-0.1, -0.05) is 55.8 Å². The maximum atomic E-state index is 12.2. The van der Waals surface area contributed by atoms with Gasteiger partial charge in [-0.05, 0) is 98.0 Å². The first-order valence-corrected chi connectivity index (χ1v) is 16.7. The van der Waals surface area contributed by atoms with Crippen LogP contribution in [0.4, 0.5) is 0 Å². The molecule has 7 nitrogen and oxygen atoms in total. The van der Waals surface area contributed by atoms with E-state index < -0.39 is 0 Å². The minimum absolute atomic E-state index is 0.128. The average Bonchev–Trinajstić information content (AvgIpc) is 3.54. The monoisotopic (exact) mass is 634 g/mol. The van der Waals surface area contributed by atoms with Gasteiger partial charge >= 0.3 is 5.97 Å². The summed E-state index contributed by atoms with van der Waals surface area (Å²) in [7, 11) is 0. The number of fused-ring (bicyclic) bond motifs is 1. The Kier molecular flexibility index (Phi) is 11.3. The summed E-state index contributed by atoms with van der Waals surface area (Å²) < 4.78 is 17.8. The number of halogens is 1. The smallest absolute Gasteiger partial charge is 0.320 e. The van der Waals surface area contributed by atoms with Gasteiger partial charge in [0.05, 0.1) is 24.8 Å². The van der Waals surface area contributed by atoms with Gasteiger partial charge in [0, 0.05) is 31.3 Å². The number of benzene rings is 3. The van der Waals surface area contributed by atoms with E-state index in [1.165, 1.54) is 25.9 Å². The van der Waals surface area contributed by atoms with Crippen LogP contribution in [0.15, 0.2) is 42.5 Å². The van der Waals surface area contributed by atoms with Gasteiger partial charge in [-0.3, -0.25) is 9.69 Å². The number of hydrogen-bond donors (Lipinski definition) is 1. The summed E-state index contributed by atoms with van der Waals surface area (Å²) in [6.45, 7) is 14.5. The summed E-state index contributed by atoms with van der Waals surface area (Å²) in [5.41, 5.74) is 7.20. The molecule has 1 fully saturated rings. The van der Waals surface area contributed by atoms with Crippen LogP contribution in [0, 0.1) is 19.8 Å². The number of phenolic OH excluding ortho intramolecular Hbond substituents is 1. The molecule has 0 aliphatic carbocycles. The van der Waals surface area contributed by atoms with Gasteiger partial charge in [-0.25, -0.2) is 0 Å². The molecule has 1 N–H and O–H groups in total. The van der Waals surface area contributed by atoms with Crippen LogP contribution in [0.5, 0.6) is 17.2 Å². The molecule has 8 heteroatoms. The van der Waals surface area contributed by atoms with Crippen LogP contribution in [0.25, 0.3) is 11.1 Å². The van der Waals surface area contributed by atoms with Crippen molar-refractivity contribution in [2.24, 2.45) is 5.92 Å². The van der Waals surface area contributed by atoms with E-state index in [1.807, 2.05) is 18.7 Å². The van der Waals surface area contributed by atoms with E-state index >= 15 is 0 Å². The number of aromatic hydroxyl groups is 1. The second-order valence-electron chi connectivity index (χ2n) is 12.8. The van der Waals surface area contributed by atoms with E-state index in [9.17, 15) is 9.90 Å². The number of nitrogens with zero attached hydrogens (tertiary/aromatic N) is 2. The van der Waals surface area contributed by atoms with Crippen molar-refractivity contribution >= 4 is 17.6 Å². The van der Waals surface area contributed by atoms with Crippen LogP contribution in [-0.4, -0.2) is 66.8 Å². The second kappa shape index (κ2) is 15.4. The van der Waals surface area contributed by atoms with E-state index in [4.69, 9.17) is 25.8 Å². The van der Waals surface area contributed by atoms with Gasteiger partial charge in [0.25, 0.3) is 0 Å². The molecule has 0 unspecified atom stereocenters. The number of rotatable bonds is 13. The predicted molar refractivity (Wildman–Crippen MR) is 179 cm³/mol. The lowest BCUT2D eigenvalue weighted by molar-refractivity contribution is -0.146. The van der Waals surface area contributed by atoms with Crippen LogP contribution in [-0.2, 0) is 29.1 Å². The van der Waals surface area contributed by atoms with E-state index in [-0.39, 0.29) is 24.2 Å². The van der Waals surface area contributed by atoms with Gasteiger partial charge in [0.15, 0.2) is 0 Å². The van der Waals surface area contributed by atoms with Crippen molar-refractivity contribution in [2.45, 2.75) is 66.5 Å². The minimum atomic E-state index is -0.252. The Labute approximate surface area is 273 Å². The molecule has 5 rings (SSSR count). The molecule has 0 atom stereocenters. The third-order valence-electron chi connectivity index (χ3n) is 8.89. The Hall–Kier alpha value is -3.26. The van der Waals surface area contributed by atoms with Crippen molar-refractivity contribution in [3.63, 3.8) is 0 Å². The van der Waals surface area contributed by atoms with Crippen LogP contribution >= 0.6 is 11.6 Å². The van der Waals surface area contributed by atoms with Crippen molar-refractivity contribution in [3.05, 3.63) is 75.3 Å². The fraction of sp³-hybridized carbons (Fsp3) is 0.486. The number of likely N-dealkylation sites (tertiary alicyclic amines) is 1. The van der Waals surface area contributed by atoms with E-state index in [1.54, 1.807) is 6.07 Å². The highest BCUT2D eigenvalue weighted by Gasteiger charge is 2.26. The highest BCUT2D eigenvalue weighted by Crippen LogP contribution is 2.40. The summed E-state index contributed by atoms with van der Waals surface area (Å²) in [5.74, 6) is 1.55. The first-order valence-electron chi connectivity index (χ1n) is 16.3. The zero-order valence-corrected chi connectivity index (χ0v) is 27.9. The highest BCUT2D eigenvalue weighted by molar-refractivity contribution is 6.33. The maximum absolute atomic E-state index is 12.2.